The molecule has 0 fully saturated rings. The Morgan fingerprint density at radius 1 is 0.556 bits per heavy atom. The Kier molecular flexibility index (Phi) is 488. The van der Waals surface area contributed by atoms with Crippen LogP contribution in [0, 0.1) is 0 Å². The largest absolute Gasteiger partial charge is 3.00 e. The van der Waals surface area contributed by atoms with Crippen molar-refractivity contribution in [3.8, 4) is 0 Å². The summed E-state index contributed by atoms with van der Waals surface area (Å²) in [6, 6.07) is 0. The quantitative estimate of drug-likeness (QED) is 0.313. The molecule has 0 aromatic carbocycles. The summed E-state index contributed by atoms with van der Waals surface area (Å²) in [7, 11) is 0. The van der Waals surface area contributed by atoms with Crippen molar-refractivity contribution in [2.45, 2.75) is 0 Å². The molecule has 0 aliphatic rings. The number of rotatable bonds is 0. The second-order valence-electron chi connectivity index (χ2n) is 0. The summed E-state index contributed by atoms with van der Waals surface area (Å²) in [4.78, 5) is 0. The molecule has 0 unspecified atom stereocenters. The maximum absolute atomic E-state index is 0. The molecule has 0 saturated heterocycles. The van der Waals surface area contributed by atoms with Gasteiger partial charge in [-0.1, -0.05) is 0 Å². The van der Waals surface area contributed by atoms with Gasteiger partial charge >= 0.3 is 223 Å². The predicted molar refractivity (Wildman–Crippen MR) is 34.0 cm³/mol. The molecule has 0 aliphatic carbocycles. The van der Waals surface area contributed by atoms with Crippen molar-refractivity contribution in [2.75, 3.05) is 0 Å². The molecule has 0 aromatic rings. The molecular formula is H8Ba2Fe2O3Sr2. The topological polar surface area (TPSA) is 85.5 Å². The van der Waals surface area contributed by atoms with Crippen molar-refractivity contribution in [1.82, 2.24) is 0 Å². The second-order valence-corrected chi connectivity index (χ2v) is 0. The third-order valence-electron chi connectivity index (χ3n) is 0. The fourth-order valence-corrected chi connectivity index (χ4v) is 0. The van der Waals surface area contributed by atoms with Crippen LogP contribution in [0.5, 0.6) is 0 Å². The first-order chi connectivity index (χ1) is 0. The molecule has 0 amide bonds. The van der Waals surface area contributed by atoms with Gasteiger partial charge in [-0.05, 0) is 0 Å². The van der Waals surface area contributed by atoms with Crippen molar-refractivity contribution in [3.63, 3.8) is 0 Å². The maximum atomic E-state index is 0. The Morgan fingerprint density at radius 2 is 0.556 bits per heavy atom. The van der Waals surface area contributed by atoms with Crippen molar-refractivity contribution < 1.29 is 62.0 Å². The summed E-state index contributed by atoms with van der Waals surface area (Å²) in [6.45, 7) is 0. The fourth-order valence-electron chi connectivity index (χ4n) is 0. The van der Waals surface area contributed by atoms with Gasteiger partial charge in [-0.2, -0.15) is 0 Å². The molecule has 0 saturated carbocycles. The minimum Gasteiger partial charge on any atom is -2.00 e. The van der Waals surface area contributed by atoms with Gasteiger partial charge < -0.3 is 27.8 Å². The molecule has 0 rings (SSSR count). The van der Waals surface area contributed by atoms with Crippen molar-refractivity contribution in [2.24, 2.45) is 0 Å². The molecule has 0 N–H and O–H groups in total. The third kappa shape index (κ3) is 51.7. The summed E-state index contributed by atoms with van der Waals surface area (Å²) < 4.78 is 0. The first-order valence-electron chi connectivity index (χ1n) is 0. The summed E-state index contributed by atoms with van der Waals surface area (Å²) in [5.74, 6) is 0. The monoisotopic (exact) mass is 620 g/mol. The van der Waals surface area contributed by atoms with Crippen LogP contribution in [-0.4, -0.2) is 189 Å². The minimum absolute atomic E-state index is 0. The molecule has 2 radical (unpaired) electrons. The van der Waals surface area contributed by atoms with Crippen LogP contribution < -0.4 is 0 Å². The first kappa shape index (κ1) is 73.3. The van der Waals surface area contributed by atoms with Crippen LogP contribution in [0.25, 0.3) is 0 Å². The van der Waals surface area contributed by atoms with Crippen LogP contribution in [0.3, 0.4) is 0 Å². The normalized spacial score (nSPS) is 0. The first-order valence-corrected chi connectivity index (χ1v) is 0. The van der Waals surface area contributed by atoms with Crippen LogP contribution in [-0.2, 0) is 50.6 Å². The Bertz CT molecular complexity index is 34.7. The summed E-state index contributed by atoms with van der Waals surface area (Å²) in [5.41, 5.74) is 0. The molecule has 3 nitrogen and oxygen atoms in total. The van der Waals surface area contributed by atoms with E-state index in [0.29, 0.717) is 0 Å². The van der Waals surface area contributed by atoms with E-state index >= 15 is 0 Å². The average Bonchev–Trinajstić information content (AvgIpc) is 0. The fraction of sp³-hybridized carbons (Fsp3) is 0. The molecule has 50 valence electrons. The molecule has 0 aliphatic heterocycles. The summed E-state index contributed by atoms with van der Waals surface area (Å²) >= 11 is 0. The average molecular weight is 618 g/mol. The molecular weight excluding hydrogens is 610 g/mol. The Labute approximate surface area is 243 Å². The molecule has 9 heavy (non-hydrogen) atoms. The maximum Gasteiger partial charge on any atom is 3.00 e. The van der Waals surface area contributed by atoms with Crippen LogP contribution in [0.1, 0.15) is 11.4 Å². The van der Waals surface area contributed by atoms with Crippen molar-refractivity contribution >= 4 is 189 Å². The zero-order chi connectivity index (χ0) is 0. The van der Waals surface area contributed by atoms with Gasteiger partial charge in [0.25, 0.3) is 0 Å². The molecule has 0 spiro atoms. The van der Waals surface area contributed by atoms with E-state index in [9.17, 15) is 0 Å². The van der Waals surface area contributed by atoms with E-state index in [1.54, 1.807) is 0 Å². The SMILES string of the molecule is [Ba+2].[Ba+2].[Fe+3].[Fe+3].[H-].[H-].[H-].[H-].[H-].[H-].[H-].[H-].[O-2].[O-2].[O-2].[Sr+2].[Sr+2]. The third-order valence-corrected chi connectivity index (χ3v) is 0. The van der Waals surface area contributed by atoms with E-state index in [-0.39, 0.29) is 251 Å². The van der Waals surface area contributed by atoms with E-state index in [4.69, 9.17) is 0 Å². The molecule has 0 atom stereocenters. The zero-order valence-electron chi connectivity index (χ0n) is 12.8. The van der Waals surface area contributed by atoms with E-state index in [0.717, 1.165) is 0 Å². The van der Waals surface area contributed by atoms with Crippen LogP contribution >= 0.6 is 0 Å². The predicted octanol–water partition coefficient (Wildman–Crippen LogP) is -0.985. The second kappa shape index (κ2) is 59.9. The van der Waals surface area contributed by atoms with Gasteiger partial charge in [0.05, 0.1) is 0 Å². The summed E-state index contributed by atoms with van der Waals surface area (Å²) in [5, 5.41) is 0. The Morgan fingerprint density at radius 3 is 0.556 bits per heavy atom. The Balaban J connectivity index is 0. The van der Waals surface area contributed by atoms with Gasteiger partial charge in [-0.25, -0.2) is 0 Å². The van der Waals surface area contributed by atoms with E-state index in [2.05, 4.69) is 0 Å². The Hall–Kier alpha value is 7.02. The van der Waals surface area contributed by atoms with Gasteiger partial charge in [0.2, 0.25) is 0 Å². The van der Waals surface area contributed by atoms with Gasteiger partial charge in [0.15, 0.2) is 0 Å². The molecule has 0 bridgehead atoms. The number of hydrogen-bond acceptors (Lipinski definition) is 0. The van der Waals surface area contributed by atoms with Gasteiger partial charge in [-0.3, -0.25) is 0 Å². The van der Waals surface area contributed by atoms with Crippen LogP contribution in [0.2, 0.25) is 0 Å². The van der Waals surface area contributed by atoms with Gasteiger partial charge in [0, 0.05) is 0 Å². The van der Waals surface area contributed by atoms with E-state index in [1.807, 2.05) is 0 Å². The van der Waals surface area contributed by atoms with E-state index < -0.39 is 0 Å². The van der Waals surface area contributed by atoms with Gasteiger partial charge in [-0.15, -0.1) is 0 Å². The number of hydrogen-bond donors (Lipinski definition) is 0. The standard InChI is InChI=1S/2Ba.2Fe.3O.2Sr.8H/q2*+2;2*+3;3*-2;2*+2;8*-1. The van der Waals surface area contributed by atoms with Crippen LogP contribution in [0.15, 0.2) is 0 Å². The minimum atomic E-state index is 0. The molecule has 0 aromatic heterocycles. The van der Waals surface area contributed by atoms with Crippen molar-refractivity contribution in [3.05, 3.63) is 0 Å². The smallest absolute Gasteiger partial charge is 2.00 e. The molecule has 9 heteroatoms. The van der Waals surface area contributed by atoms with E-state index in [1.165, 1.54) is 0 Å². The van der Waals surface area contributed by atoms with Gasteiger partial charge in [0.1, 0.15) is 0 Å². The summed E-state index contributed by atoms with van der Waals surface area (Å²) in [6.07, 6.45) is 0. The zero-order valence-corrected chi connectivity index (χ0v) is 22.8. The van der Waals surface area contributed by atoms with Crippen molar-refractivity contribution in [1.29, 1.82) is 0 Å². The van der Waals surface area contributed by atoms with Crippen LogP contribution in [0.4, 0.5) is 0 Å². The molecule has 0 heterocycles.